The van der Waals surface area contributed by atoms with Crippen molar-refractivity contribution < 1.29 is 42.9 Å². The van der Waals surface area contributed by atoms with Gasteiger partial charge in [-0.05, 0) is 63.5 Å². The van der Waals surface area contributed by atoms with Crippen LogP contribution in [0.15, 0.2) is 42.3 Å². The minimum atomic E-state index is -4.83. The summed E-state index contributed by atoms with van der Waals surface area (Å²) in [4.78, 5) is 73.4. The van der Waals surface area contributed by atoms with Crippen LogP contribution in [-0.4, -0.2) is 91.8 Å². The molecule has 55 heavy (non-hydrogen) atoms. The number of rotatable bonds is 13. The zero-order valence-electron chi connectivity index (χ0n) is 32.0. The monoisotopic (exact) mass is 798 g/mol. The first-order valence-electron chi connectivity index (χ1n) is 18.6. The first-order chi connectivity index (χ1) is 25.9. The molecule has 3 heterocycles. The van der Waals surface area contributed by atoms with Crippen molar-refractivity contribution >= 4 is 52.9 Å². The summed E-state index contributed by atoms with van der Waals surface area (Å²) in [5.41, 5.74) is 0.921. The summed E-state index contributed by atoms with van der Waals surface area (Å²) >= 11 is 1.44. The summed E-state index contributed by atoms with van der Waals surface area (Å²) in [6, 6.07) is 5.02. The molecule has 1 saturated heterocycles. The van der Waals surface area contributed by atoms with Crippen LogP contribution < -0.4 is 25.4 Å². The largest absolute Gasteiger partial charge is 0.497 e. The molecule has 3 aliphatic rings. The standard InChI is InChI=1S/C38H51N6O9PS/c1-8-22-18-38(22,54(48,49)50)43-33(45)30-16-25(19-44(30)34(46)32(37(4,5)6)42-36(47)53-23-11-9-10-12-23)52-31-17-28(29-20-55-35(41-29)39-21(2)3)40-27-15-24(51-7)13-14-26(27)31/h8,13-15,17,20-23,25,30,32H,1,9-12,16,18-19H2,2-7H3,(H,39,41)(H,42,47)(H,43,45)(H2,48,49,50)/t22?,25-,30+,32-,38+/m1/s1. The first kappa shape index (κ1) is 40.4. The van der Waals surface area contributed by atoms with Gasteiger partial charge in [0.2, 0.25) is 11.8 Å². The van der Waals surface area contributed by atoms with Crippen LogP contribution in [0, 0.1) is 11.3 Å². The van der Waals surface area contributed by atoms with Gasteiger partial charge in [0, 0.05) is 41.3 Å². The van der Waals surface area contributed by atoms with E-state index in [1.807, 2.05) is 25.3 Å². The number of carbonyl (C=O) groups excluding carboxylic acids is 3. The smallest absolute Gasteiger partial charge is 0.408 e. The van der Waals surface area contributed by atoms with Gasteiger partial charge in [-0.3, -0.25) is 14.2 Å². The molecule has 298 valence electrons. The van der Waals surface area contributed by atoms with Crippen LogP contribution in [0.4, 0.5) is 9.93 Å². The second kappa shape index (κ2) is 15.7. The molecule has 3 amide bonds. The fourth-order valence-electron chi connectivity index (χ4n) is 7.32. The lowest BCUT2D eigenvalue weighted by atomic mass is 9.85. The SMILES string of the molecule is C=CC1C[C@]1(NC(=O)[C@@H]1C[C@@H](Oc2cc(-c3csc(NC(C)C)n3)nc3cc(OC)ccc23)CN1C(=O)[C@@H](NC(=O)OC1CCCC1)C(C)(C)C)P(=O)(O)O. The summed E-state index contributed by atoms with van der Waals surface area (Å²) in [6.07, 6.45) is 3.10. The molecule has 2 aliphatic carbocycles. The number of anilines is 1. The van der Waals surface area contributed by atoms with Crippen LogP contribution in [-0.2, 0) is 18.9 Å². The van der Waals surface area contributed by atoms with E-state index in [4.69, 9.17) is 24.2 Å². The Balaban J connectivity index is 1.33. The van der Waals surface area contributed by atoms with Crippen LogP contribution in [0.25, 0.3) is 22.3 Å². The normalized spacial score (nSPS) is 23.4. The number of fused-ring (bicyclic) bond motifs is 1. The number of likely N-dealkylation sites (tertiary alicyclic amines) is 1. The summed E-state index contributed by atoms with van der Waals surface area (Å²) in [5, 5.41) is 10.1. The molecular weight excluding hydrogens is 747 g/mol. The van der Waals surface area contributed by atoms with Crippen LogP contribution >= 0.6 is 18.9 Å². The molecule has 0 radical (unpaired) electrons. The number of pyridine rings is 1. The number of hydrogen-bond donors (Lipinski definition) is 5. The van der Waals surface area contributed by atoms with E-state index in [-0.39, 0.29) is 31.5 Å². The highest BCUT2D eigenvalue weighted by atomic mass is 32.1. The second-order valence-corrected chi connectivity index (χ2v) is 18.7. The van der Waals surface area contributed by atoms with Gasteiger partial charge in [-0.25, -0.2) is 14.8 Å². The molecule has 0 bridgehead atoms. The third-order valence-corrected chi connectivity index (χ3v) is 12.8. The van der Waals surface area contributed by atoms with Crippen molar-refractivity contribution in [2.45, 2.75) is 109 Å². The third kappa shape index (κ3) is 8.77. The quantitative estimate of drug-likeness (QED) is 0.103. The van der Waals surface area contributed by atoms with E-state index in [1.54, 1.807) is 46.1 Å². The van der Waals surface area contributed by atoms with Crippen LogP contribution in [0.1, 0.15) is 73.1 Å². The number of amides is 3. The summed E-state index contributed by atoms with van der Waals surface area (Å²) in [7, 11) is -3.27. The van der Waals surface area contributed by atoms with E-state index in [2.05, 4.69) is 22.5 Å². The Labute approximate surface area is 324 Å². The summed E-state index contributed by atoms with van der Waals surface area (Å²) in [5.74, 6) is -0.933. The van der Waals surface area contributed by atoms with Crippen LogP contribution in [0.3, 0.4) is 0 Å². The lowest BCUT2D eigenvalue weighted by molar-refractivity contribution is -0.142. The number of thiazole rings is 1. The zero-order valence-corrected chi connectivity index (χ0v) is 33.7. The van der Waals surface area contributed by atoms with Crippen molar-refractivity contribution in [1.82, 2.24) is 25.5 Å². The number of alkyl carbamates (subject to hydrolysis) is 1. The molecule has 5 atom stereocenters. The van der Waals surface area contributed by atoms with Gasteiger partial charge in [0.25, 0.3) is 0 Å². The van der Waals surface area contributed by atoms with Gasteiger partial charge in [-0.2, -0.15) is 0 Å². The molecule has 1 aromatic carbocycles. The minimum absolute atomic E-state index is 0.00650. The molecule has 2 saturated carbocycles. The zero-order chi connectivity index (χ0) is 39.9. The number of ether oxygens (including phenoxy) is 3. The highest BCUT2D eigenvalue weighted by Gasteiger charge is 2.66. The average Bonchev–Trinajstić information content (AvgIpc) is 3.50. The molecule has 3 aromatic rings. The molecule has 1 aliphatic heterocycles. The number of aromatic nitrogens is 2. The predicted molar refractivity (Wildman–Crippen MR) is 209 cm³/mol. The van der Waals surface area contributed by atoms with E-state index in [0.29, 0.717) is 33.8 Å². The molecule has 5 N–H and O–H groups in total. The molecule has 6 rings (SSSR count). The Morgan fingerprint density at radius 2 is 1.84 bits per heavy atom. The molecule has 2 aromatic heterocycles. The molecule has 0 spiro atoms. The summed E-state index contributed by atoms with van der Waals surface area (Å²) < 4.78 is 30.5. The number of methoxy groups -OCH3 is 1. The van der Waals surface area contributed by atoms with Crippen molar-refractivity contribution in [3.05, 3.63) is 42.3 Å². The van der Waals surface area contributed by atoms with Gasteiger partial charge >= 0.3 is 13.7 Å². The number of benzene rings is 1. The maximum atomic E-state index is 14.6. The van der Waals surface area contributed by atoms with E-state index >= 15 is 0 Å². The molecule has 1 unspecified atom stereocenters. The Morgan fingerprint density at radius 3 is 2.45 bits per heavy atom. The average molecular weight is 799 g/mol. The Kier molecular flexibility index (Phi) is 11.6. The van der Waals surface area contributed by atoms with Gasteiger partial charge in [-0.1, -0.05) is 26.8 Å². The van der Waals surface area contributed by atoms with Crippen molar-refractivity contribution in [3.8, 4) is 22.9 Å². The highest BCUT2D eigenvalue weighted by Crippen LogP contribution is 2.67. The van der Waals surface area contributed by atoms with Gasteiger partial charge in [0.15, 0.2) is 5.13 Å². The molecule has 3 fully saturated rings. The van der Waals surface area contributed by atoms with Crippen molar-refractivity contribution in [2.75, 3.05) is 19.0 Å². The molecular formula is C38H51N6O9PS. The van der Waals surface area contributed by atoms with Gasteiger partial charge in [0.05, 0.1) is 24.9 Å². The van der Waals surface area contributed by atoms with E-state index in [1.165, 1.54) is 22.3 Å². The third-order valence-electron chi connectivity index (χ3n) is 10.4. The van der Waals surface area contributed by atoms with E-state index in [0.717, 1.165) is 30.8 Å². The first-order valence-corrected chi connectivity index (χ1v) is 21.1. The lowest BCUT2D eigenvalue weighted by Crippen LogP contribution is -2.58. The fourth-order valence-corrected chi connectivity index (χ4v) is 9.40. The van der Waals surface area contributed by atoms with Gasteiger partial charge in [0.1, 0.15) is 46.8 Å². The Bertz CT molecular complexity index is 1990. The predicted octanol–water partition coefficient (Wildman–Crippen LogP) is 5.82. The van der Waals surface area contributed by atoms with E-state index in [9.17, 15) is 28.7 Å². The minimum Gasteiger partial charge on any atom is -0.497 e. The van der Waals surface area contributed by atoms with E-state index < -0.39 is 60.3 Å². The van der Waals surface area contributed by atoms with Gasteiger partial charge < -0.3 is 44.8 Å². The Hall–Kier alpha value is -4.24. The lowest BCUT2D eigenvalue weighted by Gasteiger charge is -2.35. The van der Waals surface area contributed by atoms with Crippen molar-refractivity contribution in [1.29, 1.82) is 0 Å². The molecule has 17 heteroatoms. The number of nitrogens with one attached hydrogen (secondary N) is 3. The number of carbonyl (C=O) groups is 3. The fraction of sp³-hybridized carbons (Fsp3) is 0.553. The number of nitrogens with zero attached hydrogens (tertiary/aromatic N) is 3. The topological polar surface area (TPSA) is 202 Å². The van der Waals surface area contributed by atoms with Crippen LogP contribution in [0.2, 0.25) is 0 Å². The highest BCUT2D eigenvalue weighted by molar-refractivity contribution is 7.54. The maximum Gasteiger partial charge on any atom is 0.408 e. The van der Waals surface area contributed by atoms with Crippen molar-refractivity contribution in [3.63, 3.8) is 0 Å². The second-order valence-electron chi connectivity index (χ2n) is 16.0. The van der Waals surface area contributed by atoms with Crippen LogP contribution in [0.5, 0.6) is 11.5 Å². The number of hydrogen-bond acceptors (Lipinski definition) is 11. The maximum absolute atomic E-state index is 14.6. The Morgan fingerprint density at radius 1 is 1.11 bits per heavy atom. The summed E-state index contributed by atoms with van der Waals surface area (Å²) in [6.45, 7) is 13.0. The van der Waals surface area contributed by atoms with Gasteiger partial charge in [-0.15, -0.1) is 17.9 Å². The molecule has 15 nitrogen and oxygen atoms in total. The van der Waals surface area contributed by atoms with Crippen molar-refractivity contribution in [2.24, 2.45) is 11.3 Å².